The average Bonchev–Trinajstić information content (AvgIpc) is 3.04. The van der Waals surface area contributed by atoms with Crippen molar-refractivity contribution in [3.8, 4) is 0 Å². The maximum atomic E-state index is 5.43. The maximum Gasteiger partial charge on any atom is 0.103 e. The third-order valence-corrected chi connectivity index (χ3v) is 3.93. The number of halogens is 1. The fraction of sp³-hybridized carbons (Fsp3) is 0.533. The first-order valence-electron chi connectivity index (χ1n) is 7.12. The Bertz CT molecular complexity index is 519. The summed E-state index contributed by atoms with van der Waals surface area (Å²) in [5.41, 5.74) is 1.22. The highest BCUT2D eigenvalue weighted by Crippen LogP contribution is 2.29. The number of aromatic nitrogens is 2. The van der Waals surface area contributed by atoms with E-state index in [2.05, 4.69) is 51.8 Å². The molecule has 2 rings (SSSR count). The van der Waals surface area contributed by atoms with Crippen LogP contribution >= 0.6 is 15.9 Å². The number of rotatable bonds is 7. The van der Waals surface area contributed by atoms with E-state index in [9.17, 15) is 0 Å². The summed E-state index contributed by atoms with van der Waals surface area (Å²) in [5.74, 6) is 1.03. The molecule has 5 heteroatoms. The van der Waals surface area contributed by atoms with Gasteiger partial charge in [0.15, 0.2) is 0 Å². The van der Waals surface area contributed by atoms with Gasteiger partial charge in [-0.2, -0.15) is 5.10 Å². The quantitative estimate of drug-likeness (QED) is 0.825. The lowest BCUT2D eigenvalue weighted by molar-refractivity contribution is 0.416. The molecule has 0 fully saturated rings. The van der Waals surface area contributed by atoms with Crippen LogP contribution in [0.15, 0.2) is 33.5 Å². The van der Waals surface area contributed by atoms with E-state index in [0.29, 0.717) is 6.04 Å². The van der Waals surface area contributed by atoms with Crippen LogP contribution in [-0.2, 0) is 6.42 Å². The molecule has 2 heterocycles. The Hall–Kier alpha value is -1.07. The van der Waals surface area contributed by atoms with Crippen LogP contribution in [0.1, 0.15) is 50.7 Å². The molecule has 0 bridgehead atoms. The fourth-order valence-electron chi connectivity index (χ4n) is 2.41. The lowest BCUT2D eigenvalue weighted by Crippen LogP contribution is -2.25. The summed E-state index contributed by atoms with van der Waals surface area (Å²) < 4.78 is 8.57. The first kappa shape index (κ1) is 15.3. The zero-order valence-corrected chi connectivity index (χ0v) is 13.9. The van der Waals surface area contributed by atoms with E-state index in [4.69, 9.17) is 4.42 Å². The Morgan fingerprint density at radius 3 is 2.85 bits per heavy atom. The third kappa shape index (κ3) is 3.52. The van der Waals surface area contributed by atoms with Crippen molar-refractivity contribution in [3.63, 3.8) is 0 Å². The number of nitrogens with zero attached hydrogens (tertiary/aromatic N) is 2. The molecule has 110 valence electrons. The van der Waals surface area contributed by atoms with Gasteiger partial charge in [-0.3, -0.25) is 4.68 Å². The minimum absolute atomic E-state index is 0.268. The van der Waals surface area contributed by atoms with Gasteiger partial charge in [-0.05, 0) is 54.9 Å². The zero-order chi connectivity index (χ0) is 14.5. The van der Waals surface area contributed by atoms with E-state index in [0.717, 1.165) is 29.6 Å². The molecule has 0 spiro atoms. The summed E-state index contributed by atoms with van der Waals surface area (Å²) in [4.78, 5) is 0. The van der Waals surface area contributed by atoms with Crippen LogP contribution in [0.5, 0.6) is 0 Å². The zero-order valence-electron chi connectivity index (χ0n) is 12.3. The van der Waals surface area contributed by atoms with Crippen LogP contribution in [0.25, 0.3) is 0 Å². The highest BCUT2D eigenvalue weighted by Gasteiger charge is 2.21. The van der Waals surface area contributed by atoms with Crippen molar-refractivity contribution in [1.29, 1.82) is 0 Å². The standard InChI is InChI=1S/C15H22BrN3O/c1-4-17-14(8-7-12-6-5-9-20-12)15-13(16)10-18-19(15)11(2)3/h5-6,9-11,14,17H,4,7-8H2,1-3H3. The van der Waals surface area contributed by atoms with Crippen LogP contribution < -0.4 is 5.32 Å². The number of furan rings is 1. The van der Waals surface area contributed by atoms with Gasteiger partial charge >= 0.3 is 0 Å². The smallest absolute Gasteiger partial charge is 0.103 e. The van der Waals surface area contributed by atoms with Crippen molar-refractivity contribution in [3.05, 3.63) is 40.5 Å². The first-order chi connectivity index (χ1) is 9.63. The normalized spacial score (nSPS) is 13.1. The van der Waals surface area contributed by atoms with Crippen molar-refractivity contribution in [2.45, 2.75) is 45.7 Å². The summed E-state index contributed by atoms with van der Waals surface area (Å²) >= 11 is 3.63. The third-order valence-electron chi connectivity index (χ3n) is 3.32. The molecular formula is C15H22BrN3O. The highest BCUT2D eigenvalue weighted by molar-refractivity contribution is 9.10. The van der Waals surface area contributed by atoms with Crippen LogP contribution in [-0.4, -0.2) is 16.3 Å². The largest absolute Gasteiger partial charge is 0.469 e. The molecule has 20 heavy (non-hydrogen) atoms. The molecule has 0 saturated heterocycles. The number of nitrogens with one attached hydrogen (secondary N) is 1. The molecule has 1 atom stereocenters. The summed E-state index contributed by atoms with van der Waals surface area (Å²) in [5, 5.41) is 8.02. The van der Waals surface area contributed by atoms with Gasteiger partial charge in [-0.25, -0.2) is 0 Å². The van der Waals surface area contributed by atoms with Crippen LogP contribution in [0.2, 0.25) is 0 Å². The minimum atomic E-state index is 0.268. The van der Waals surface area contributed by atoms with Gasteiger partial charge in [0.1, 0.15) is 5.76 Å². The lowest BCUT2D eigenvalue weighted by Gasteiger charge is -2.21. The van der Waals surface area contributed by atoms with E-state index in [1.54, 1.807) is 6.26 Å². The molecule has 0 aliphatic rings. The monoisotopic (exact) mass is 339 g/mol. The van der Waals surface area contributed by atoms with E-state index >= 15 is 0 Å². The molecule has 0 saturated carbocycles. The molecule has 1 N–H and O–H groups in total. The minimum Gasteiger partial charge on any atom is -0.469 e. The van der Waals surface area contributed by atoms with E-state index < -0.39 is 0 Å². The summed E-state index contributed by atoms with van der Waals surface area (Å²) in [6, 6.07) is 4.58. The van der Waals surface area contributed by atoms with Crippen molar-refractivity contribution < 1.29 is 4.42 Å². The van der Waals surface area contributed by atoms with E-state index in [1.807, 2.05) is 18.3 Å². The molecule has 0 aromatic carbocycles. The molecule has 4 nitrogen and oxygen atoms in total. The second-order valence-corrected chi connectivity index (χ2v) is 6.00. The van der Waals surface area contributed by atoms with E-state index in [1.165, 1.54) is 5.69 Å². The topological polar surface area (TPSA) is 43.0 Å². The average molecular weight is 340 g/mol. The molecule has 0 amide bonds. The predicted octanol–water partition coefficient (Wildman–Crippen LogP) is 4.10. The van der Waals surface area contributed by atoms with Gasteiger partial charge in [0.25, 0.3) is 0 Å². The van der Waals surface area contributed by atoms with Crippen molar-refractivity contribution >= 4 is 15.9 Å². The summed E-state index contributed by atoms with van der Waals surface area (Å²) in [6.07, 6.45) is 5.51. The van der Waals surface area contributed by atoms with Crippen LogP contribution in [0.3, 0.4) is 0 Å². The Balaban J connectivity index is 2.17. The summed E-state index contributed by atoms with van der Waals surface area (Å²) in [7, 11) is 0. The Morgan fingerprint density at radius 2 is 2.25 bits per heavy atom. The molecule has 2 aromatic rings. The maximum absolute atomic E-state index is 5.43. The van der Waals surface area contributed by atoms with Gasteiger partial charge in [0.2, 0.25) is 0 Å². The second kappa shape index (κ2) is 7.09. The van der Waals surface area contributed by atoms with Gasteiger partial charge < -0.3 is 9.73 Å². The van der Waals surface area contributed by atoms with Crippen molar-refractivity contribution in [2.24, 2.45) is 0 Å². The van der Waals surface area contributed by atoms with Crippen LogP contribution in [0, 0.1) is 0 Å². The van der Waals surface area contributed by atoms with Gasteiger partial charge in [0.05, 0.1) is 28.7 Å². The SMILES string of the molecule is CCNC(CCc1ccco1)c1c(Br)cnn1C(C)C. The number of hydrogen-bond donors (Lipinski definition) is 1. The highest BCUT2D eigenvalue weighted by atomic mass is 79.9. The number of aryl methyl sites for hydroxylation is 1. The van der Waals surface area contributed by atoms with E-state index in [-0.39, 0.29) is 6.04 Å². The molecule has 0 radical (unpaired) electrons. The van der Waals surface area contributed by atoms with Gasteiger partial charge in [-0.15, -0.1) is 0 Å². The molecular weight excluding hydrogens is 318 g/mol. The molecule has 2 aromatic heterocycles. The van der Waals surface area contributed by atoms with Crippen LogP contribution in [0.4, 0.5) is 0 Å². The molecule has 1 unspecified atom stereocenters. The van der Waals surface area contributed by atoms with Crippen molar-refractivity contribution in [1.82, 2.24) is 15.1 Å². The Labute approximate surface area is 128 Å². The fourth-order valence-corrected chi connectivity index (χ4v) is 2.96. The second-order valence-electron chi connectivity index (χ2n) is 5.14. The Kier molecular flexibility index (Phi) is 5.43. The lowest BCUT2D eigenvalue weighted by atomic mass is 10.1. The van der Waals surface area contributed by atoms with Gasteiger partial charge in [0, 0.05) is 12.5 Å². The molecule has 0 aliphatic carbocycles. The molecule has 0 aliphatic heterocycles. The van der Waals surface area contributed by atoms with Crippen molar-refractivity contribution in [2.75, 3.05) is 6.54 Å². The number of hydrogen-bond acceptors (Lipinski definition) is 3. The Morgan fingerprint density at radius 1 is 1.45 bits per heavy atom. The summed E-state index contributed by atoms with van der Waals surface area (Å²) in [6.45, 7) is 7.36. The predicted molar refractivity (Wildman–Crippen MR) is 83.8 cm³/mol. The van der Waals surface area contributed by atoms with Gasteiger partial charge in [-0.1, -0.05) is 6.92 Å². The first-order valence-corrected chi connectivity index (χ1v) is 7.91.